The Morgan fingerprint density at radius 2 is 2.07 bits per heavy atom. The molecule has 0 aliphatic heterocycles. The lowest BCUT2D eigenvalue weighted by atomic mass is 9.84. The minimum atomic E-state index is 0.613. The van der Waals surface area contributed by atoms with Crippen LogP contribution in [0.25, 0.3) is 0 Å². The maximum Gasteiger partial charge on any atom is 0.0281 e. The molecule has 2 aliphatic rings. The molecule has 82 valence electrons. The van der Waals surface area contributed by atoms with E-state index in [1.54, 1.807) is 0 Å². The van der Waals surface area contributed by atoms with Crippen LogP contribution in [0.15, 0.2) is 0 Å². The highest BCUT2D eigenvalue weighted by molar-refractivity contribution is 8.00. The molecule has 2 heteroatoms. The van der Waals surface area contributed by atoms with E-state index in [0.717, 1.165) is 12.0 Å². The van der Waals surface area contributed by atoms with Gasteiger partial charge in [-0.2, -0.15) is 11.8 Å². The van der Waals surface area contributed by atoms with E-state index in [4.69, 9.17) is 0 Å². The van der Waals surface area contributed by atoms with Crippen molar-refractivity contribution in [2.45, 2.75) is 56.2 Å². The van der Waals surface area contributed by atoms with Crippen molar-refractivity contribution in [3.05, 3.63) is 0 Å². The molecule has 0 radical (unpaired) electrons. The van der Waals surface area contributed by atoms with E-state index in [-0.39, 0.29) is 0 Å². The van der Waals surface area contributed by atoms with Gasteiger partial charge in [-0.1, -0.05) is 19.8 Å². The van der Waals surface area contributed by atoms with Crippen molar-refractivity contribution in [1.82, 2.24) is 5.32 Å². The van der Waals surface area contributed by atoms with Gasteiger partial charge in [0.05, 0.1) is 0 Å². The summed E-state index contributed by atoms with van der Waals surface area (Å²) in [7, 11) is 0. The molecule has 2 atom stereocenters. The van der Waals surface area contributed by atoms with Crippen molar-refractivity contribution in [2.75, 3.05) is 12.8 Å². The summed E-state index contributed by atoms with van der Waals surface area (Å²) in [6.45, 7) is 3.65. The molecule has 14 heavy (non-hydrogen) atoms. The van der Waals surface area contributed by atoms with Crippen LogP contribution in [0.4, 0.5) is 0 Å². The maximum absolute atomic E-state index is 3.80. The smallest absolute Gasteiger partial charge is 0.0281 e. The van der Waals surface area contributed by atoms with Crippen LogP contribution in [0, 0.1) is 5.92 Å². The number of hydrogen-bond donors (Lipinski definition) is 1. The van der Waals surface area contributed by atoms with Crippen LogP contribution in [0.2, 0.25) is 0 Å². The molecule has 0 spiro atoms. The lowest BCUT2D eigenvalue weighted by Gasteiger charge is -2.41. The first kappa shape index (κ1) is 10.8. The molecule has 0 saturated heterocycles. The first-order valence-electron chi connectivity index (χ1n) is 6.04. The molecule has 0 heterocycles. The third kappa shape index (κ3) is 2.11. The van der Waals surface area contributed by atoms with Crippen LogP contribution in [0.3, 0.4) is 0 Å². The normalized spacial score (nSPS) is 35.6. The molecule has 0 aromatic rings. The first-order chi connectivity index (χ1) is 6.76. The molecule has 1 N–H and O–H groups in total. The van der Waals surface area contributed by atoms with Crippen molar-refractivity contribution in [2.24, 2.45) is 5.92 Å². The van der Waals surface area contributed by atoms with Crippen molar-refractivity contribution in [3.63, 3.8) is 0 Å². The first-order valence-corrected chi connectivity index (χ1v) is 7.27. The van der Waals surface area contributed by atoms with Gasteiger partial charge in [0.25, 0.3) is 0 Å². The summed E-state index contributed by atoms with van der Waals surface area (Å²) in [4.78, 5) is 0. The Bertz CT molecular complexity index is 183. The molecule has 1 nitrogen and oxygen atoms in total. The summed E-state index contributed by atoms with van der Waals surface area (Å²) in [6.07, 6.45) is 10.9. The standard InChI is InChI=1S/C12H23NS/c1-10-5-3-6-11(10)13-9-12(14-2)7-4-8-12/h10-11,13H,3-9H2,1-2H3. The van der Waals surface area contributed by atoms with Crippen LogP contribution >= 0.6 is 11.8 Å². The summed E-state index contributed by atoms with van der Waals surface area (Å²) in [5.74, 6) is 0.911. The van der Waals surface area contributed by atoms with Gasteiger partial charge in [0.1, 0.15) is 0 Å². The van der Waals surface area contributed by atoms with Gasteiger partial charge in [0, 0.05) is 17.3 Å². The zero-order chi connectivity index (χ0) is 10.0. The number of thioether (sulfide) groups is 1. The number of rotatable bonds is 4. The van der Waals surface area contributed by atoms with Crippen molar-refractivity contribution in [3.8, 4) is 0 Å². The molecule has 2 fully saturated rings. The molecule has 2 aliphatic carbocycles. The Labute approximate surface area is 92.4 Å². The summed E-state index contributed by atoms with van der Waals surface area (Å²) < 4.78 is 0.613. The topological polar surface area (TPSA) is 12.0 Å². The van der Waals surface area contributed by atoms with E-state index in [2.05, 4.69) is 30.3 Å². The van der Waals surface area contributed by atoms with Crippen LogP contribution in [-0.4, -0.2) is 23.6 Å². The van der Waals surface area contributed by atoms with Gasteiger partial charge in [-0.05, 0) is 37.9 Å². The van der Waals surface area contributed by atoms with E-state index in [1.165, 1.54) is 45.1 Å². The fourth-order valence-electron chi connectivity index (χ4n) is 2.79. The zero-order valence-corrected chi connectivity index (χ0v) is 10.3. The summed E-state index contributed by atoms with van der Waals surface area (Å²) in [6, 6.07) is 0.819. The maximum atomic E-state index is 3.80. The molecule has 2 unspecified atom stereocenters. The van der Waals surface area contributed by atoms with Gasteiger partial charge in [0.2, 0.25) is 0 Å². The van der Waals surface area contributed by atoms with E-state index in [9.17, 15) is 0 Å². The Morgan fingerprint density at radius 1 is 1.29 bits per heavy atom. The van der Waals surface area contributed by atoms with Crippen LogP contribution in [0.5, 0.6) is 0 Å². The highest BCUT2D eigenvalue weighted by Crippen LogP contribution is 2.42. The fourth-order valence-corrected chi connectivity index (χ4v) is 3.71. The lowest BCUT2D eigenvalue weighted by molar-refractivity contribution is 0.314. The van der Waals surface area contributed by atoms with Crippen LogP contribution < -0.4 is 5.32 Å². The summed E-state index contributed by atoms with van der Waals surface area (Å²) >= 11 is 2.08. The third-order valence-electron chi connectivity index (χ3n) is 4.25. The van der Waals surface area contributed by atoms with Crippen LogP contribution in [-0.2, 0) is 0 Å². The molecular formula is C12H23NS. The van der Waals surface area contributed by atoms with E-state index in [0.29, 0.717) is 4.75 Å². The second kappa shape index (κ2) is 4.44. The molecular weight excluding hydrogens is 190 g/mol. The Hall–Kier alpha value is 0.310. The predicted octanol–water partition coefficient (Wildman–Crippen LogP) is 3.05. The van der Waals surface area contributed by atoms with Gasteiger partial charge in [-0.25, -0.2) is 0 Å². The monoisotopic (exact) mass is 213 g/mol. The molecule has 0 aromatic heterocycles. The van der Waals surface area contributed by atoms with Gasteiger partial charge in [-0.15, -0.1) is 0 Å². The number of hydrogen-bond acceptors (Lipinski definition) is 2. The highest BCUT2D eigenvalue weighted by atomic mass is 32.2. The zero-order valence-electron chi connectivity index (χ0n) is 9.51. The van der Waals surface area contributed by atoms with Gasteiger partial charge in [0.15, 0.2) is 0 Å². The summed E-state index contributed by atoms with van der Waals surface area (Å²) in [5.41, 5.74) is 0. The van der Waals surface area contributed by atoms with E-state index >= 15 is 0 Å². The Morgan fingerprint density at radius 3 is 2.50 bits per heavy atom. The van der Waals surface area contributed by atoms with Crippen LogP contribution in [0.1, 0.15) is 45.4 Å². The number of nitrogens with one attached hydrogen (secondary N) is 1. The Kier molecular flexibility index (Phi) is 3.43. The largest absolute Gasteiger partial charge is 0.312 e. The average Bonchev–Trinajstić information content (AvgIpc) is 2.51. The van der Waals surface area contributed by atoms with Crippen molar-refractivity contribution in [1.29, 1.82) is 0 Å². The quantitative estimate of drug-likeness (QED) is 0.770. The summed E-state index contributed by atoms with van der Waals surface area (Å²) in [5, 5.41) is 3.80. The third-order valence-corrected chi connectivity index (χ3v) is 5.66. The second-order valence-electron chi connectivity index (χ2n) is 5.14. The second-order valence-corrected chi connectivity index (χ2v) is 6.41. The van der Waals surface area contributed by atoms with E-state index in [1.807, 2.05) is 0 Å². The predicted molar refractivity (Wildman–Crippen MR) is 64.9 cm³/mol. The average molecular weight is 213 g/mol. The molecule has 0 bridgehead atoms. The lowest BCUT2D eigenvalue weighted by Crippen LogP contribution is -2.47. The van der Waals surface area contributed by atoms with Crippen molar-refractivity contribution >= 4 is 11.8 Å². The minimum Gasteiger partial charge on any atom is -0.312 e. The van der Waals surface area contributed by atoms with Gasteiger partial charge >= 0.3 is 0 Å². The van der Waals surface area contributed by atoms with Crippen molar-refractivity contribution < 1.29 is 0 Å². The molecule has 0 aromatic carbocycles. The SMILES string of the molecule is CSC1(CNC2CCCC2C)CCC1. The minimum absolute atomic E-state index is 0.613. The van der Waals surface area contributed by atoms with Gasteiger partial charge in [-0.3, -0.25) is 0 Å². The fraction of sp³-hybridized carbons (Fsp3) is 1.00. The van der Waals surface area contributed by atoms with E-state index < -0.39 is 0 Å². The molecule has 2 saturated carbocycles. The Balaban J connectivity index is 1.75. The molecule has 0 amide bonds. The van der Waals surface area contributed by atoms with Gasteiger partial charge < -0.3 is 5.32 Å². The highest BCUT2D eigenvalue weighted by Gasteiger charge is 2.37. The molecule has 2 rings (SSSR count).